The number of rotatable bonds is 2. The molecule has 0 spiro atoms. The summed E-state index contributed by atoms with van der Waals surface area (Å²) in [4.78, 5) is 12.0. The molecule has 3 N–H and O–H groups in total. The molecule has 2 atom stereocenters. The van der Waals surface area contributed by atoms with Crippen LogP contribution in [0.4, 0.5) is 5.69 Å². The molecule has 18 heavy (non-hydrogen) atoms. The van der Waals surface area contributed by atoms with Crippen LogP contribution in [0.3, 0.4) is 0 Å². The molecule has 1 aromatic rings. The molecule has 0 saturated carbocycles. The second-order valence-electron chi connectivity index (χ2n) is 4.41. The number of nitrogens with two attached hydrogens (primary N) is 1. The van der Waals surface area contributed by atoms with Gasteiger partial charge in [0.2, 0.25) is 5.91 Å². The molecule has 0 bridgehead atoms. The zero-order valence-electron chi connectivity index (χ0n) is 10.1. The summed E-state index contributed by atoms with van der Waals surface area (Å²) in [5, 5.41) is 11.8. The van der Waals surface area contributed by atoms with E-state index < -0.39 is 0 Å². The summed E-state index contributed by atoms with van der Waals surface area (Å²) < 4.78 is 5.16. The van der Waals surface area contributed by atoms with Crippen LogP contribution in [0.1, 0.15) is 11.1 Å². The van der Waals surface area contributed by atoms with E-state index in [9.17, 15) is 4.79 Å². The van der Waals surface area contributed by atoms with E-state index in [-0.39, 0.29) is 17.9 Å². The van der Waals surface area contributed by atoms with E-state index in [1.807, 2.05) is 13.0 Å². The number of nitrogens with one attached hydrogen (secondary N) is 1. The third kappa shape index (κ3) is 2.35. The third-order valence-corrected chi connectivity index (χ3v) is 3.10. The van der Waals surface area contributed by atoms with E-state index in [1.165, 1.54) is 0 Å². The van der Waals surface area contributed by atoms with Crippen LogP contribution < -0.4 is 11.1 Å². The number of anilines is 1. The van der Waals surface area contributed by atoms with Crippen LogP contribution >= 0.6 is 0 Å². The Kier molecular flexibility index (Phi) is 3.60. The second-order valence-corrected chi connectivity index (χ2v) is 4.41. The van der Waals surface area contributed by atoms with Crippen LogP contribution in [-0.2, 0) is 9.53 Å². The van der Waals surface area contributed by atoms with Gasteiger partial charge in [0.15, 0.2) is 0 Å². The Morgan fingerprint density at radius 3 is 2.94 bits per heavy atom. The van der Waals surface area contributed by atoms with E-state index in [4.69, 9.17) is 15.7 Å². The fourth-order valence-corrected chi connectivity index (χ4v) is 1.99. The maximum Gasteiger partial charge on any atom is 0.231 e. The number of carbonyl (C=O) groups is 1. The van der Waals surface area contributed by atoms with Crippen LogP contribution in [0.15, 0.2) is 18.2 Å². The zero-order valence-corrected chi connectivity index (χ0v) is 10.1. The molecule has 5 heteroatoms. The average Bonchev–Trinajstić information content (AvgIpc) is 2.76. The van der Waals surface area contributed by atoms with Crippen molar-refractivity contribution in [3.8, 4) is 6.07 Å². The fraction of sp³-hybridized carbons (Fsp3) is 0.385. The van der Waals surface area contributed by atoms with Crippen molar-refractivity contribution in [2.75, 3.05) is 18.5 Å². The summed E-state index contributed by atoms with van der Waals surface area (Å²) in [5.74, 6) is -0.542. The van der Waals surface area contributed by atoms with Gasteiger partial charge in [0.25, 0.3) is 0 Å². The molecule has 1 heterocycles. The van der Waals surface area contributed by atoms with Gasteiger partial charge in [-0.3, -0.25) is 4.79 Å². The van der Waals surface area contributed by atoms with Crippen molar-refractivity contribution in [1.82, 2.24) is 0 Å². The number of benzene rings is 1. The molecule has 2 unspecified atom stereocenters. The number of hydrogen-bond acceptors (Lipinski definition) is 4. The summed E-state index contributed by atoms with van der Waals surface area (Å²) in [6.07, 6.45) is 0. The molecule has 1 fully saturated rings. The minimum atomic E-state index is -0.350. The van der Waals surface area contributed by atoms with Crippen molar-refractivity contribution in [1.29, 1.82) is 5.26 Å². The highest BCUT2D eigenvalue weighted by atomic mass is 16.5. The smallest absolute Gasteiger partial charge is 0.231 e. The second kappa shape index (κ2) is 5.17. The zero-order chi connectivity index (χ0) is 13.1. The molecule has 0 aromatic heterocycles. The predicted molar refractivity (Wildman–Crippen MR) is 66.8 cm³/mol. The minimum Gasteiger partial charge on any atom is -0.379 e. The van der Waals surface area contributed by atoms with E-state index in [0.717, 1.165) is 5.56 Å². The number of carbonyl (C=O) groups excluding carboxylic acids is 1. The molecule has 1 aliphatic rings. The Hall–Kier alpha value is -1.90. The maximum atomic E-state index is 12.0. The Morgan fingerprint density at radius 1 is 1.56 bits per heavy atom. The summed E-state index contributed by atoms with van der Waals surface area (Å²) in [6.45, 7) is 2.57. The first kappa shape index (κ1) is 12.6. The van der Waals surface area contributed by atoms with Crippen LogP contribution in [-0.4, -0.2) is 25.2 Å². The molecular weight excluding hydrogens is 230 g/mol. The van der Waals surface area contributed by atoms with Crippen molar-refractivity contribution >= 4 is 11.6 Å². The SMILES string of the molecule is Cc1cccc(NC(=O)C2COCC2N)c1C#N. The molecule has 5 nitrogen and oxygen atoms in total. The Morgan fingerprint density at radius 2 is 2.33 bits per heavy atom. The van der Waals surface area contributed by atoms with Crippen LogP contribution in [0.2, 0.25) is 0 Å². The number of ether oxygens (including phenoxy) is 1. The van der Waals surface area contributed by atoms with Crippen molar-refractivity contribution in [2.24, 2.45) is 11.7 Å². The minimum absolute atomic E-state index is 0.192. The summed E-state index contributed by atoms with van der Waals surface area (Å²) in [7, 11) is 0. The topological polar surface area (TPSA) is 88.1 Å². The lowest BCUT2D eigenvalue weighted by Crippen LogP contribution is -2.37. The van der Waals surface area contributed by atoms with Gasteiger partial charge < -0.3 is 15.8 Å². The van der Waals surface area contributed by atoms with Gasteiger partial charge in [-0.1, -0.05) is 12.1 Å². The van der Waals surface area contributed by atoms with Gasteiger partial charge in [0, 0.05) is 6.04 Å². The monoisotopic (exact) mass is 245 g/mol. The Labute approximate surface area is 106 Å². The van der Waals surface area contributed by atoms with Gasteiger partial charge in [-0.25, -0.2) is 0 Å². The van der Waals surface area contributed by atoms with E-state index in [0.29, 0.717) is 24.5 Å². The van der Waals surface area contributed by atoms with Crippen LogP contribution in [0.25, 0.3) is 0 Å². The molecule has 94 valence electrons. The lowest BCUT2D eigenvalue weighted by atomic mass is 10.0. The van der Waals surface area contributed by atoms with Gasteiger partial charge in [-0.05, 0) is 18.6 Å². The molecule has 2 rings (SSSR count). The molecule has 1 amide bonds. The molecule has 1 aromatic carbocycles. The van der Waals surface area contributed by atoms with E-state index in [2.05, 4.69) is 11.4 Å². The first-order valence-corrected chi connectivity index (χ1v) is 5.77. The van der Waals surface area contributed by atoms with Gasteiger partial charge in [-0.15, -0.1) is 0 Å². The highest BCUT2D eigenvalue weighted by molar-refractivity contribution is 5.94. The third-order valence-electron chi connectivity index (χ3n) is 3.10. The van der Waals surface area contributed by atoms with Gasteiger partial charge in [-0.2, -0.15) is 5.26 Å². The van der Waals surface area contributed by atoms with Crippen molar-refractivity contribution in [2.45, 2.75) is 13.0 Å². The molecule has 0 aliphatic carbocycles. The van der Waals surface area contributed by atoms with Gasteiger partial charge in [0.1, 0.15) is 6.07 Å². The van der Waals surface area contributed by atoms with E-state index in [1.54, 1.807) is 12.1 Å². The summed E-state index contributed by atoms with van der Waals surface area (Å²) in [5.41, 5.74) is 7.63. The van der Waals surface area contributed by atoms with E-state index >= 15 is 0 Å². The van der Waals surface area contributed by atoms with Crippen molar-refractivity contribution in [3.05, 3.63) is 29.3 Å². The molecular formula is C13H15N3O2. The van der Waals surface area contributed by atoms with Crippen molar-refractivity contribution < 1.29 is 9.53 Å². The predicted octanol–water partition coefficient (Wildman–Crippen LogP) is 0.779. The maximum absolute atomic E-state index is 12.0. The lowest BCUT2D eigenvalue weighted by molar-refractivity contribution is -0.120. The number of nitrogens with zero attached hydrogens (tertiary/aromatic N) is 1. The molecule has 1 aliphatic heterocycles. The quantitative estimate of drug-likeness (QED) is 0.805. The molecule has 0 radical (unpaired) electrons. The summed E-state index contributed by atoms with van der Waals surface area (Å²) >= 11 is 0. The number of aryl methyl sites for hydroxylation is 1. The highest BCUT2D eigenvalue weighted by Crippen LogP contribution is 2.20. The lowest BCUT2D eigenvalue weighted by Gasteiger charge is -2.14. The standard InChI is InChI=1S/C13H15N3O2/c1-8-3-2-4-12(9(8)5-14)16-13(17)10-6-18-7-11(10)15/h2-4,10-11H,6-7,15H2,1H3,(H,16,17). The Bertz CT molecular complexity index is 507. The first-order chi connectivity index (χ1) is 8.63. The van der Waals surface area contributed by atoms with Gasteiger partial charge >= 0.3 is 0 Å². The fourth-order valence-electron chi connectivity index (χ4n) is 1.99. The van der Waals surface area contributed by atoms with Gasteiger partial charge in [0.05, 0.1) is 30.4 Å². The normalized spacial score (nSPS) is 22.5. The van der Waals surface area contributed by atoms with Crippen LogP contribution in [0.5, 0.6) is 0 Å². The number of amides is 1. The number of hydrogen-bond donors (Lipinski definition) is 2. The van der Waals surface area contributed by atoms with Crippen molar-refractivity contribution in [3.63, 3.8) is 0 Å². The first-order valence-electron chi connectivity index (χ1n) is 5.77. The highest BCUT2D eigenvalue weighted by Gasteiger charge is 2.31. The average molecular weight is 245 g/mol. The number of nitriles is 1. The largest absolute Gasteiger partial charge is 0.379 e. The molecule has 1 saturated heterocycles. The van der Waals surface area contributed by atoms with Crippen LogP contribution in [0, 0.1) is 24.2 Å². The Balaban J connectivity index is 2.17. The summed E-state index contributed by atoms with van der Waals surface area (Å²) in [6, 6.07) is 7.16.